The molecule has 1 aromatic carbocycles. The van der Waals surface area contributed by atoms with E-state index in [0.717, 1.165) is 24.8 Å². The minimum Gasteiger partial charge on any atom is -0.399 e. The smallest absolute Gasteiger partial charge is 0.0368 e. The van der Waals surface area contributed by atoms with Crippen LogP contribution in [-0.2, 0) is 0 Å². The van der Waals surface area contributed by atoms with Crippen LogP contribution in [0.1, 0.15) is 12.8 Å². The zero-order valence-corrected chi connectivity index (χ0v) is 10.8. The molecule has 3 nitrogen and oxygen atoms in total. The summed E-state index contributed by atoms with van der Waals surface area (Å²) in [5.41, 5.74) is 7.86. The molecular weight excluding hydrogens is 234 g/mol. The van der Waals surface area contributed by atoms with Crippen LogP contribution in [0.3, 0.4) is 0 Å². The van der Waals surface area contributed by atoms with Crippen molar-refractivity contribution in [3.63, 3.8) is 0 Å². The number of nitrogens with two attached hydrogens (primary N) is 1. The Balaban J connectivity index is 0.00000108. The second kappa shape index (κ2) is 5.15. The minimum absolute atomic E-state index is 0. The molecule has 3 rings (SSSR count). The first-order chi connectivity index (χ1) is 7.83. The second-order valence-corrected chi connectivity index (χ2v) is 4.85. The number of hydrogen-bond donors (Lipinski definition) is 1. The molecule has 94 valence electrons. The third-order valence-corrected chi connectivity index (χ3v) is 3.64. The third kappa shape index (κ3) is 2.85. The molecule has 0 unspecified atom stereocenters. The van der Waals surface area contributed by atoms with Crippen LogP contribution in [-0.4, -0.2) is 37.1 Å². The largest absolute Gasteiger partial charge is 0.399 e. The number of piperazine rings is 1. The van der Waals surface area contributed by atoms with E-state index >= 15 is 0 Å². The molecule has 0 aromatic heterocycles. The zero-order chi connectivity index (χ0) is 11.0. The molecule has 1 saturated carbocycles. The Morgan fingerprint density at radius 2 is 1.53 bits per heavy atom. The van der Waals surface area contributed by atoms with E-state index < -0.39 is 0 Å². The lowest BCUT2D eigenvalue weighted by atomic mass is 10.2. The van der Waals surface area contributed by atoms with Crippen LogP contribution < -0.4 is 10.6 Å². The van der Waals surface area contributed by atoms with Crippen molar-refractivity contribution in [1.29, 1.82) is 0 Å². The summed E-state index contributed by atoms with van der Waals surface area (Å²) < 4.78 is 0. The van der Waals surface area contributed by atoms with Crippen molar-refractivity contribution in [2.45, 2.75) is 18.9 Å². The number of hydrogen-bond acceptors (Lipinski definition) is 3. The number of nitrogens with zero attached hydrogens (tertiary/aromatic N) is 2. The number of halogens is 1. The molecule has 2 N–H and O–H groups in total. The molecule has 1 aliphatic carbocycles. The van der Waals surface area contributed by atoms with E-state index in [1.54, 1.807) is 0 Å². The minimum atomic E-state index is 0. The summed E-state index contributed by atoms with van der Waals surface area (Å²) in [6.45, 7) is 4.74. The molecule has 2 fully saturated rings. The van der Waals surface area contributed by atoms with E-state index in [-0.39, 0.29) is 12.4 Å². The predicted molar refractivity (Wildman–Crippen MR) is 74.9 cm³/mol. The highest BCUT2D eigenvalue weighted by Crippen LogP contribution is 2.28. The SMILES string of the molecule is Cl.Nc1ccc(N2CCN(C3CC3)CC2)cc1. The van der Waals surface area contributed by atoms with E-state index in [4.69, 9.17) is 5.73 Å². The summed E-state index contributed by atoms with van der Waals surface area (Å²) in [5.74, 6) is 0. The van der Waals surface area contributed by atoms with Gasteiger partial charge in [0, 0.05) is 43.6 Å². The van der Waals surface area contributed by atoms with Crippen molar-refractivity contribution in [3.05, 3.63) is 24.3 Å². The molecule has 0 bridgehead atoms. The van der Waals surface area contributed by atoms with Crippen molar-refractivity contribution >= 4 is 23.8 Å². The predicted octanol–water partition coefficient (Wildman–Crippen LogP) is 1.98. The van der Waals surface area contributed by atoms with Gasteiger partial charge in [-0.05, 0) is 37.1 Å². The Morgan fingerprint density at radius 3 is 2.06 bits per heavy atom. The molecule has 1 aliphatic heterocycles. The maximum atomic E-state index is 5.70. The van der Waals surface area contributed by atoms with Crippen LogP contribution in [0.4, 0.5) is 11.4 Å². The van der Waals surface area contributed by atoms with Gasteiger partial charge in [-0.15, -0.1) is 12.4 Å². The molecule has 0 amide bonds. The fraction of sp³-hybridized carbons (Fsp3) is 0.538. The average Bonchev–Trinajstić information content (AvgIpc) is 3.14. The Hall–Kier alpha value is -0.930. The highest BCUT2D eigenvalue weighted by molar-refractivity contribution is 5.85. The third-order valence-electron chi connectivity index (χ3n) is 3.64. The lowest BCUT2D eigenvalue weighted by Gasteiger charge is -2.36. The van der Waals surface area contributed by atoms with E-state index in [1.165, 1.54) is 31.6 Å². The van der Waals surface area contributed by atoms with Gasteiger partial charge in [-0.25, -0.2) is 0 Å². The maximum Gasteiger partial charge on any atom is 0.0368 e. The lowest BCUT2D eigenvalue weighted by Crippen LogP contribution is -2.47. The fourth-order valence-electron chi connectivity index (χ4n) is 2.47. The van der Waals surface area contributed by atoms with Gasteiger partial charge in [0.05, 0.1) is 0 Å². The summed E-state index contributed by atoms with van der Waals surface area (Å²) in [6.07, 6.45) is 2.84. The van der Waals surface area contributed by atoms with Gasteiger partial charge in [0.1, 0.15) is 0 Å². The van der Waals surface area contributed by atoms with Crippen LogP contribution in [0.15, 0.2) is 24.3 Å². The van der Waals surface area contributed by atoms with E-state index in [0.29, 0.717) is 0 Å². The van der Waals surface area contributed by atoms with Crippen LogP contribution >= 0.6 is 12.4 Å². The molecular formula is C13H20ClN3. The van der Waals surface area contributed by atoms with Crippen LogP contribution in [0.25, 0.3) is 0 Å². The highest BCUT2D eigenvalue weighted by Gasteiger charge is 2.31. The highest BCUT2D eigenvalue weighted by atomic mass is 35.5. The quantitative estimate of drug-likeness (QED) is 0.818. The van der Waals surface area contributed by atoms with Crippen LogP contribution in [0.5, 0.6) is 0 Å². The molecule has 0 atom stereocenters. The molecule has 1 aromatic rings. The molecule has 17 heavy (non-hydrogen) atoms. The lowest BCUT2D eigenvalue weighted by molar-refractivity contribution is 0.248. The fourth-order valence-corrected chi connectivity index (χ4v) is 2.47. The molecule has 2 aliphatic rings. The topological polar surface area (TPSA) is 32.5 Å². The van der Waals surface area contributed by atoms with Crippen molar-refractivity contribution < 1.29 is 0 Å². The standard InChI is InChI=1S/C13H19N3.ClH/c14-11-1-3-12(4-2-11)15-7-9-16(10-8-15)13-5-6-13;/h1-4,13H,5-10,14H2;1H. The van der Waals surface area contributed by atoms with Crippen molar-refractivity contribution in [1.82, 2.24) is 4.90 Å². The van der Waals surface area contributed by atoms with Gasteiger partial charge >= 0.3 is 0 Å². The molecule has 1 saturated heterocycles. The van der Waals surface area contributed by atoms with Gasteiger partial charge < -0.3 is 10.6 Å². The first-order valence-corrected chi connectivity index (χ1v) is 6.17. The molecule has 0 spiro atoms. The molecule has 4 heteroatoms. The molecule has 0 radical (unpaired) electrons. The van der Waals surface area contributed by atoms with Crippen molar-refractivity contribution in [3.8, 4) is 0 Å². The Bertz CT molecular complexity index is 353. The van der Waals surface area contributed by atoms with Crippen molar-refractivity contribution in [2.24, 2.45) is 0 Å². The van der Waals surface area contributed by atoms with Gasteiger partial charge in [-0.2, -0.15) is 0 Å². The van der Waals surface area contributed by atoms with E-state index in [1.807, 2.05) is 12.1 Å². The second-order valence-electron chi connectivity index (χ2n) is 4.85. The van der Waals surface area contributed by atoms with Gasteiger partial charge in [0.2, 0.25) is 0 Å². The number of anilines is 2. The summed E-state index contributed by atoms with van der Waals surface area (Å²) >= 11 is 0. The van der Waals surface area contributed by atoms with Crippen LogP contribution in [0.2, 0.25) is 0 Å². The summed E-state index contributed by atoms with van der Waals surface area (Å²) in [7, 11) is 0. The van der Waals surface area contributed by atoms with E-state index in [9.17, 15) is 0 Å². The van der Waals surface area contributed by atoms with Gasteiger partial charge in [-0.1, -0.05) is 0 Å². The normalized spacial score (nSPS) is 21.1. The number of benzene rings is 1. The van der Waals surface area contributed by atoms with Gasteiger partial charge in [-0.3, -0.25) is 4.90 Å². The summed E-state index contributed by atoms with van der Waals surface area (Å²) in [6, 6.07) is 9.14. The first-order valence-electron chi connectivity index (χ1n) is 6.17. The van der Waals surface area contributed by atoms with Gasteiger partial charge in [0.25, 0.3) is 0 Å². The maximum absolute atomic E-state index is 5.70. The van der Waals surface area contributed by atoms with Gasteiger partial charge in [0.15, 0.2) is 0 Å². The van der Waals surface area contributed by atoms with Crippen molar-refractivity contribution in [2.75, 3.05) is 36.8 Å². The Kier molecular flexibility index (Phi) is 3.79. The number of rotatable bonds is 2. The summed E-state index contributed by atoms with van der Waals surface area (Å²) in [4.78, 5) is 5.09. The first kappa shape index (κ1) is 12.5. The monoisotopic (exact) mass is 253 g/mol. The Morgan fingerprint density at radius 1 is 0.941 bits per heavy atom. The average molecular weight is 254 g/mol. The summed E-state index contributed by atoms with van der Waals surface area (Å²) in [5, 5.41) is 0. The molecule has 1 heterocycles. The zero-order valence-electron chi connectivity index (χ0n) is 10.0. The van der Waals surface area contributed by atoms with E-state index in [2.05, 4.69) is 21.9 Å². The van der Waals surface area contributed by atoms with Crippen LogP contribution in [0, 0.1) is 0 Å². The Labute approximate surface area is 109 Å². The number of nitrogen functional groups attached to an aromatic ring is 1.